The van der Waals surface area contributed by atoms with Gasteiger partial charge in [-0.15, -0.1) is 5.10 Å². The van der Waals surface area contributed by atoms with Crippen molar-refractivity contribution in [2.24, 2.45) is 5.92 Å². The summed E-state index contributed by atoms with van der Waals surface area (Å²) < 4.78 is 23.4. The molecule has 38 heavy (non-hydrogen) atoms. The van der Waals surface area contributed by atoms with Crippen molar-refractivity contribution in [2.45, 2.75) is 25.5 Å². The fraction of sp³-hybridized carbons (Fsp3) is 0.385. The zero-order valence-corrected chi connectivity index (χ0v) is 20.7. The molecule has 2 fully saturated rings. The number of aromatic nitrogens is 6. The molecular weight excluding hydrogens is 489 g/mol. The van der Waals surface area contributed by atoms with Crippen LogP contribution < -0.4 is 10.6 Å². The lowest BCUT2D eigenvalue weighted by atomic mass is 10.0. The van der Waals surface area contributed by atoms with Gasteiger partial charge in [0.25, 0.3) is 0 Å². The Balaban J connectivity index is 1.03. The van der Waals surface area contributed by atoms with E-state index in [1.54, 1.807) is 30.7 Å². The molecule has 1 unspecified atom stereocenters. The lowest BCUT2D eigenvalue weighted by molar-refractivity contribution is 0.153. The molecule has 1 saturated heterocycles. The first kappa shape index (κ1) is 23.1. The van der Waals surface area contributed by atoms with E-state index in [-0.39, 0.29) is 11.8 Å². The molecular formula is C26H28FN9O2. The Morgan fingerprint density at radius 3 is 2.68 bits per heavy atom. The number of aliphatic hydroxyl groups excluding tert-OH is 1. The molecule has 0 radical (unpaired) electrons. The van der Waals surface area contributed by atoms with Gasteiger partial charge in [-0.25, -0.2) is 14.1 Å². The molecule has 1 atom stereocenters. The summed E-state index contributed by atoms with van der Waals surface area (Å²) in [4.78, 5) is 13.5. The van der Waals surface area contributed by atoms with Crippen molar-refractivity contribution in [3.63, 3.8) is 0 Å². The average molecular weight is 518 g/mol. The first-order valence-electron chi connectivity index (χ1n) is 12.9. The SMILES string of the molecule is Nc1nc2c(cnn2CCN2CCN(c3cc(C(O)C4CC4)ccc3F)CC2)c2nc(-c3ccco3)nn12. The molecule has 0 amide bonds. The molecule has 196 valence electrons. The maximum atomic E-state index is 14.7. The standard InChI is InChI=1S/C26H28FN9O2/c27-19-6-5-17(22(37)16-3-4-16)14-20(19)34-10-7-33(8-11-34)9-12-35-24-18(15-29-35)25-30-23(21-2-1-13-38-21)32-36(25)26(28)31-24/h1-2,5-6,13-16,22,37H,3-4,7-12H2,(H2,28,31). The quantitative estimate of drug-likeness (QED) is 0.335. The Labute approximate surface area is 217 Å². The molecule has 11 nitrogen and oxygen atoms in total. The number of piperazine rings is 1. The number of aliphatic hydroxyl groups is 1. The summed E-state index contributed by atoms with van der Waals surface area (Å²) in [6, 6.07) is 8.58. The second-order valence-electron chi connectivity index (χ2n) is 10.0. The molecule has 1 aromatic carbocycles. The summed E-state index contributed by atoms with van der Waals surface area (Å²) in [7, 11) is 0. The van der Waals surface area contributed by atoms with Crippen LogP contribution in [0, 0.1) is 11.7 Å². The monoisotopic (exact) mass is 517 g/mol. The van der Waals surface area contributed by atoms with Crippen LogP contribution in [0.15, 0.2) is 47.2 Å². The second kappa shape index (κ2) is 9.07. The highest BCUT2D eigenvalue weighted by molar-refractivity contribution is 5.90. The van der Waals surface area contributed by atoms with Gasteiger partial charge in [-0.3, -0.25) is 4.90 Å². The number of hydrogen-bond donors (Lipinski definition) is 2. The molecule has 1 aliphatic carbocycles. The highest BCUT2D eigenvalue weighted by atomic mass is 19.1. The number of rotatable bonds is 7. The molecule has 4 aromatic heterocycles. The number of hydrogen-bond acceptors (Lipinski definition) is 9. The Morgan fingerprint density at radius 2 is 1.92 bits per heavy atom. The first-order chi connectivity index (χ1) is 18.5. The predicted octanol–water partition coefficient (Wildman–Crippen LogP) is 2.72. The van der Waals surface area contributed by atoms with Crippen LogP contribution >= 0.6 is 0 Å². The minimum absolute atomic E-state index is 0.226. The van der Waals surface area contributed by atoms with Crippen molar-refractivity contribution in [1.29, 1.82) is 0 Å². The highest BCUT2D eigenvalue weighted by Gasteiger charge is 2.31. The minimum atomic E-state index is -0.502. The van der Waals surface area contributed by atoms with Crippen molar-refractivity contribution in [2.75, 3.05) is 43.4 Å². The maximum Gasteiger partial charge on any atom is 0.225 e. The van der Waals surface area contributed by atoms with Crippen molar-refractivity contribution in [3.05, 3.63) is 54.2 Å². The second-order valence-corrected chi connectivity index (χ2v) is 10.0. The molecule has 12 heteroatoms. The topological polar surface area (TPSA) is 127 Å². The van der Waals surface area contributed by atoms with E-state index in [1.165, 1.54) is 10.6 Å². The van der Waals surface area contributed by atoms with Crippen LogP contribution in [-0.4, -0.2) is 72.1 Å². The third kappa shape index (κ3) is 4.05. The molecule has 0 spiro atoms. The van der Waals surface area contributed by atoms with Gasteiger partial charge in [-0.1, -0.05) is 6.07 Å². The maximum absolute atomic E-state index is 14.7. The van der Waals surface area contributed by atoms with Gasteiger partial charge in [0, 0.05) is 32.7 Å². The summed E-state index contributed by atoms with van der Waals surface area (Å²) in [5, 5.41) is 20.2. The summed E-state index contributed by atoms with van der Waals surface area (Å²) in [6.07, 6.45) is 4.88. The van der Waals surface area contributed by atoms with E-state index in [0.717, 1.165) is 43.4 Å². The van der Waals surface area contributed by atoms with Gasteiger partial charge in [0.1, 0.15) is 5.82 Å². The van der Waals surface area contributed by atoms with E-state index < -0.39 is 6.10 Å². The van der Waals surface area contributed by atoms with Gasteiger partial charge >= 0.3 is 0 Å². The van der Waals surface area contributed by atoms with Gasteiger partial charge < -0.3 is 20.2 Å². The normalized spacial score (nSPS) is 17.6. The first-order valence-corrected chi connectivity index (χ1v) is 12.9. The van der Waals surface area contributed by atoms with E-state index in [9.17, 15) is 9.50 Å². The number of nitrogen functional groups attached to an aromatic ring is 1. The highest BCUT2D eigenvalue weighted by Crippen LogP contribution is 2.41. The predicted molar refractivity (Wildman–Crippen MR) is 139 cm³/mol. The van der Waals surface area contributed by atoms with Crippen molar-refractivity contribution < 1.29 is 13.9 Å². The summed E-state index contributed by atoms with van der Waals surface area (Å²) in [5.41, 5.74) is 8.82. The lowest BCUT2D eigenvalue weighted by Gasteiger charge is -2.36. The number of anilines is 2. The zero-order chi connectivity index (χ0) is 25.8. The Hall–Kier alpha value is -4.03. The van der Waals surface area contributed by atoms with Crippen LogP contribution in [0.4, 0.5) is 16.0 Å². The van der Waals surface area contributed by atoms with E-state index >= 15 is 0 Å². The number of fused-ring (bicyclic) bond motifs is 3. The largest absolute Gasteiger partial charge is 0.461 e. The molecule has 5 aromatic rings. The number of halogens is 1. The smallest absolute Gasteiger partial charge is 0.225 e. The van der Waals surface area contributed by atoms with Crippen LogP contribution in [-0.2, 0) is 6.54 Å². The molecule has 3 N–H and O–H groups in total. The van der Waals surface area contributed by atoms with Crippen LogP contribution in [0.3, 0.4) is 0 Å². The molecule has 7 rings (SSSR count). The third-order valence-electron chi connectivity index (χ3n) is 7.56. The number of furan rings is 1. The van der Waals surface area contributed by atoms with Gasteiger partial charge in [0.05, 0.1) is 36.2 Å². The summed E-state index contributed by atoms with van der Waals surface area (Å²) >= 11 is 0. The van der Waals surface area contributed by atoms with Crippen LogP contribution in [0.2, 0.25) is 0 Å². The Bertz CT molecular complexity index is 1600. The third-order valence-corrected chi connectivity index (χ3v) is 7.56. The van der Waals surface area contributed by atoms with Crippen LogP contribution in [0.5, 0.6) is 0 Å². The summed E-state index contributed by atoms with van der Waals surface area (Å²) in [5.74, 6) is 1.28. The van der Waals surface area contributed by atoms with Gasteiger partial charge in [0.15, 0.2) is 17.1 Å². The number of nitrogens with two attached hydrogens (primary N) is 1. The Kier molecular flexibility index (Phi) is 5.51. The number of benzene rings is 1. The number of nitrogens with zero attached hydrogens (tertiary/aromatic N) is 8. The molecule has 0 bridgehead atoms. The van der Waals surface area contributed by atoms with Gasteiger partial charge in [0.2, 0.25) is 11.8 Å². The molecule has 5 heterocycles. The van der Waals surface area contributed by atoms with E-state index in [2.05, 4.69) is 30.0 Å². The molecule has 1 aliphatic heterocycles. The van der Waals surface area contributed by atoms with Crippen molar-refractivity contribution in [1.82, 2.24) is 34.3 Å². The van der Waals surface area contributed by atoms with Crippen molar-refractivity contribution in [3.8, 4) is 11.6 Å². The Morgan fingerprint density at radius 1 is 1.08 bits per heavy atom. The van der Waals surface area contributed by atoms with Crippen LogP contribution in [0.1, 0.15) is 24.5 Å². The van der Waals surface area contributed by atoms with Crippen LogP contribution in [0.25, 0.3) is 28.3 Å². The van der Waals surface area contributed by atoms with E-state index in [0.29, 0.717) is 54.1 Å². The van der Waals surface area contributed by atoms with Gasteiger partial charge in [-0.2, -0.15) is 14.6 Å². The average Bonchev–Trinajstić information content (AvgIpc) is 3.29. The zero-order valence-electron chi connectivity index (χ0n) is 20.7. The van der Waals surface area contributed by atoms with E-state index in [1.807, 2.05) is 10.7 Å². The molecule has 1 saturated carbocycles. The minimum Gasteiger partial charge on any atom is -0.461 e. The fourth-order valence-corrected chi connectivity index (χ4v) is 5.22. The lowest BCUT2D eigenvalue weighted by Crippen LogP contribution is -2.47. The fourth-order valence-electron chi connectivity index (χ4n) is 5.22. The van der Waals surface area contributed by atoms with Gasteiger partial charge in [-0.05, 0) is 48.6 Å². The summed E-state index contributed by atoms with van der Waals surface area (Å²) in [6.45, 7) is 4.41. The van der Waals surface area contributed by atoms with Crippen molar-refractivity contribution >= 4 is 28.3 Å². The van der Waals surface area contributed by atoms with E-state index in [4.69, 9.17) is 10.2 Å². The molecule has 2 aliphatic rings.